The Morgan fingerprint density at radius 2 is 2.17 bits per heavy atom. The number of carbonyl (C=O) groups excluding carboxylic acids is 1. The van der Waals surface area contributed by atoms with Crippen molar-refractivity contribution in [2.24, 2.45) is 0 Å². The average Bonchev–Trinajstić information content (AvgIpc) is 2.40. The fraction of sp³-hybridized carbons (Fsp3) is 0.533. The second-order valence-corrected chi connectivity index (χ2v) is 4.91. The zero-order chi connectivity index (χ0) is 12.8. The maximum absolute atomic E-state index is 10.8. The summed E-state index contributed by atoms with van der Waals surface area (Å²) < 4.78 is 5.52. The fourth-order valence-corrected chi connectivity index (χ4v) is 2.29. The Morgan fingerprint density at radius 3 is 2.78 bits per heavy atom. The van der Waals surface area contributed by atoms with Crippen LogP contribution in [0.5, 0.6) is 5.75 Å². The van der Waals surface area contributed by atoms with Gasteiger partial charge in [0.2, 0.25) is 0 Å². The molecule has 0 aromatic heterocycles. The van der Waals surface area contributed by atoms with Crippen LogP contribution in [0.3, 0.4) is 0 Å². The van der Waals surface area contributed by atoms with Gasteiger partial charge in [0.15, 0.2) is 0 Å². The fourth-order valence-electron chi connectivity index (χ4n) is 2.29. The van der Waals surface area contributed by atoms with Gasteiger partial charge in [0.1, 0.15) is 11.5 Å². The summed E-state index contributed by atoms with van der Waals surface area (Å²) in [6, 6.07) is 8.29. The Labute approximate surface area is 109 Å². The second kappa shape index (κ2) is 6.55. The highest BCUT2D eigenvalue weighted by atomic mass is 16.5. The molecular weight excluding hydrogens is 226 g/mol. The number of benzene rings is 1. The van der Waals surface area contributed by atoms with Gasteiger partial charge in [0, 0.05) is 13.0 Å². The maximum atomic E-state index is 10.8. The van der Waals surface area contributed by atoms with Gasteiger partial charge < -0.3 is 10.1 Å². The molecule has 1 unspecified atom stereocenters. The van der Waals surface area contributed by atoms with E-state index in [9.17, 15) is 4.79 Å². The summed E-state index contributed by atoms with van der Waals surface area (Å²) in [6.45, 7) is 4.27. The van der Waals surface area contributed by atoms with E-state index in [0.29, 0.717) is 18.9 Å². The molecule has 1 aliphatic rings. The molecule has 2 rings (SSSR count). The first-order valence-corrected chi connectivity index (χ1v) is 6.68. The van der Waals surface area contributed by atoms with Crippen LogP contribution in [0.15, 0.2) is 24.3 Å². The van der Waals surface area contributed by atoms with Crippen molar-refractivity contribution < 1.29 is 9.53 Å². The van der Waals surface area contributed by atoms with Crippen molar-refractivity contribution in [3.8, 4) is 5.75 Å². The van der Waals surface area contributed by atoms with Gasteiger partial charge in [0.05, 0.1) is 6.61 Å². The predicted molar refractivity (Wildman–Crippen MR) is 72.1 cm³/mol. The van der Waals surface area contributed by atoms with E-state index >= 15 is 0 Å². The lowest BCUT2D eigenvalue weighted by molar-refractivity contribution is -0.117. The first-order chi connectivity index (χ1) is 8.75. The molecule has 0 spiro atoms. The minimum Gasteiger partial charge on any atom is -0.493 e. The third-order valence-corrected chi connectivity index (χ3v) is 3.37. The van der Waals surface area contributed by atoms with Gasteiger partial charge in [-0.05, 0) is 49.9 Å². The Kier molecular flexibility index (Phi) is 4.76. The lowest BCUT2D eigenvalue weighted by Crippen LogP contribution is -2.28. The van der Waals surface area contributed by atoms with Gasteiger partial charge in [-0.25, -0.2) is 0 Å². The lowest BCUT2D eigenvalue weighted by Gasteiger charge is -2.23. The van der Waals surface area contributed by atoms with Crippen molar-refractivity contribution in [2.45, 2.75) is 32.1 Å². The van der Waals surface area contributed by atoms with Crippen LogP contribution in [-0.4, -0.2) is 25.5 Å². The first-order valence-electron chi connectivity index (χ1n) is 6.68. The summed E-state index contributed by atoms with van der Waals surface area (Å²) in [5.41, 5.74) is 1.38. The average molecular weight is 247 g/mol. The molecule has 1 aromatic carbocycles. The molecule has 1 atom stereocenters. The highest BCUT2D eigenvalue weighted by Gasteiger charge is 2.14. The van der Waals surface area contributed by atoms with Crippen molar-refractivity contribution in [3.63, 3.8) is 0 Å². The zero-order valence-corrected chi connectivity index (χ0v) is 10.9. The van der Waals surface area contributed by atoms with E-state index in [0.717, 1.165) is 18.8 Å². The van der Waals surface area contributed by atoms with E-state index in [1.807, 2.05) is 12.1 Å². The van der Waals surface area contributed by atoms with Gasteiger partial charge >= 0.3 is 0 Å². The van der Waals surface area contributed by atoms with Gasteiger partial charge in [0.25, 0.3) is 0 Å². The van der Waals surface area contributed by atoms with Gasteiger partial charge in [-0.2, -0.15) is 0 Å². The Balaban J connectivity index is 1.86. The highest BCUT2D eigenvalue weighted by molar-refractivity contribution is 5.75. The van der Waals surface area contributed by atoms with Crippen molar-refractivity contribution in [2.75, 3.05) is 19.7 Å². The lowest BCUT2D eigenvalue weighted by atomic mass is 9.92. The smallest absolute Gasteiger partial charge is 0.133 e. The monoisotopic (exact) mass is 247 g/mol. The third-order valence-electron chi connectivity index (χ3n) is 3.37. The number of Topliss-reactive ketones (excluding diaryl/α,β-unsaturated/α-hetero) is 1. The van der Waals surface area contributed by atoms with Crippen molar-refractivity contribution >= 4 is 5.78 Å². The van der Waals surface area contributed by atoms with E-state index in [4.69, 9.17) is 4.74 Å². The van der Waals surface area contributed by atoms with E-state index in [2.05, 4.69) is 17.4 Å². The van der Waals surface area contributed by atoms with E-state index in [1.165, 1.54) is 18.4 Å². The number of hydrogen-bond acceptors (Lipinski definition) is 3. The molecule has 1 aromatic rings. The zero-order valence-electron chi connectivity index (χ0n) is 10.9. The van der Waals surface area contributed by atoms with Crippen LogP contribution >= 0.6 is 0 Å². The molecular formula is C15H21NO2. The molecule has 1 heterocycles. The van der Waals surface area contributed by atoms with Crippen molar-refractivity contribution in [1.82, 2.24) is 5.32 Å². The summed E-state index contributed by atoms with van der Waals surface area (Å²) in [4.78, 5) is 10.8. The molecule has 98 valence electrons. The number of rotatable bonds is 5. The molecule has 3 nitrogen and oxygen atoms in total. The van der Waals surface area contributed by atoms with Crippen LogP contribution in [0.2, 0.25) is 0 Å². The van der Waals surface area contributed by atoms with E-state index in [1.54, 1.807) is 6.92 Å². The number of ether oxygens (including phenoxy) is 1. The highest BCUT2D eigenvalue weighted by Crippen LogP contribution is 2.24. The van der Waals surface area contributed by atoms with Crippen molar-refractivity contribution in [1.29, 1.82) is 0 Å². The van der Waals surface area contributed by atoms with E-state index < -0.39 is 0 Å². The quantitative estimate of drug-likeness (QED) is 0.869. The predicted octanol–water partition coefficient (Wildman–Crippen LogP) is 2.51. The Morgan fingerprint density at radius 1 is 1.39 bits per heavy atom. The molecule has 0 bridgehead atoms. The van der Waals surface area contributed by atoms with Gasteiger partial charge in [-0.3, -0.25) is 4.79 Å². The molecule has 18 heavy (non-hydrogen) atoms. The molecule has 3 heteroatoms. The topological polar surface area (TPSA) is 38.3 Å². The summed E-state index contributed by atoms with van der Waals surface area (Å²) in [7, 11) is 0. The molecule has 1 saturated heterocycles. The SMILES string of the molecule is CC(=O)CCOc1ccc(C2CCCNC2)cc1. The molecule has 0 amide bonds. The minimum atomic E-state index is 0.167. The number of piperidine rings is 1. The van der Waals surface area contributed by atoms with Crippen LogP contribution < -0.4 is 10.1 Å². The molecule has 1 fully saturated rings. The third kappa shape index (κ3) is 3.84. The van der Waals surface area contributed by atoms with Crippen LogP contribution in [0.25, 0.3) is 0 Å². The maximum Gasteiger partial charge on any atom is 0.133 e. The molecule has 1 N–H and O–H groups in total. The summed E-state index contributed by atoms with van der Waals surface area (Å²) in [5, 5.41) is 3.43. The summed E-state index contributed by atoms with van der Waals surface area (Å²) >= 11 is 0. The second-order valence-electron chi connectivity index (χ2n) is 4.91. The van der Waals surface area contributed by atoms with Crippen LogP contribution in [0, 0.1) is 0 Å². The molecule has 0 saturated carbocycles. The number of carbonyl (C=O) groups is 1. The van der Waals surface area contributed by atoms with Gasteiger partial charge in [-0.1, -0.05) is 12.1 Å². The van der Waals surface area contributed by atoms with Gasteiger partial charge in [-0.15, -0.1) is 0 Å². The Hall–Kier alpha value is -1.35. The standard InChI is InChI=1S/C15H21NO2/c1-12(17)8-10-18-15-6-4-13(5-7-15)14-3-2-9-16-11-14/h4-7,14,16H,2-3,8-11H2,1H3. The number of hydrogen-bond donors (Lipinski definition) is 1. The molecule has 1 aliphatic heterocycles. The number of nitrogens with one attached hydrogen (secondary N) is 1. The van der Waals surface area contributed by atoms with Crippen LogP contribution in [0.1, 0.15) is 37.7 Å². The number of ketones is 1. The van der Waals surface area contributed by atoms with Crippen molar-refractivity contribution in [3.05, 3.63) is 29.8 Å². The summed E-state index contributed by atoms with van der Waals surface area (Å²) in [5.74, 6) is 1.65. The van der Waals surface area contributed by atoms with E-state index in [-0.39, 0.29) is 5.78 Å². The molecule has 0 aliphatic carbocycles. The van der Waals surface area contributed by atoms with Crippen LogP contribution in [-0.2, 0) is 4.79 Å². The Bertz CT molecular complexity index is 380. The largest absolute Gasteiger partial charge is 0.493 e. The normalized spacial score (nSPS) is 19.5. The summed E-state index contributed by atoms with van der Waals surface area (Å²) in [6.07, 6.45) is 2.99. The molecule has 0 radical (unpaired) electrons. The minimum absolute atomic E-state index is 0.167. The van der Waals surface area contributed by atoms with Crippen LogP contribution in [0.4, 0.5) is 0 Å². The first kappa shape index (κ1) is 13.1.